The number of nitrogens with zero attached hydrogens (tertiary/aromatic N) is 1. The smallest absolute Gasteiger partial charge is 0.278 e. The van der Waals surface area contributed by atoms with Gasteiger partial charge in [0.25, 0.3) is 0 Å². The lowest BCUT2D eigenvalue weighted by molar-refractivity contribution is -0.137. The SMILES string of the molecule is FC(F)(F)c1cccc(NN=C2C(Cl)=C(Cl)C(Cl)=C2Cl)c1. The average molecular weight is 376 g/mol. The van der Waals surface area contributed by atoms with Crippen molar-refractivity contribution in [3.8, 4) is 0 Å². The van der Waals surface area contributed by atoms with Crippen LogP contribution in [0.2, 0.25) is 0 Å². The summed E-state index contributed by atoms with van der Waals surface area (Å²) in [5.41, 5.74) is 1.80. The first-order chi connectivity index (χ1) is 9.71. The number of allylic oxidation sites excluding steroid dienone is 4. The summed E-state index contributed by atoms with van der Waals surface area (Å²) in [5.74, 6) is 0. The monoisotopic (exact) mass is 374 g/mol. The summed E-state index contributed by atoms with van der Waals surface area (Å²) in [5, 5.41) is 3.94. The maximum absolute atomic E-state index is 12.6. The zero-order valence-electron chi connectivity index (χ0n) is 9.90. The van der Waals surface area contributed by atoms with E-state index in [9.17, 15) is 13.2 Å². The summed E-state index contributed by atoms with van der Waals surface area (Å²) in [4.78, 5) is 0. The van der Waals surface area contributed by atoms with Crippen LogP contribution in [0.4, 0.5) is 18.9 Å². The number of benzene rings is 1. The Labute approximate surface area is 137 Å². The lowest BCUT2D eigenvalue weighted by Crippen LogP contribution is -2.06. The Kier molecular flexibility index (Phi) is 4.78. The molecule has 9 heteroatoms. The molecule has 2 rings (SSSR count). The normalized spacial score (nSPS) is 15.9. The Balaban J connectivity index is 2.27. The van der Waals surface area contributed by atoms with Crippen LogP contribution in [0.25, 0.3) is 0 Å². The summed E-state index contributed by atoms with van der Waals surface area (Å²) in [6.45, 7) is 0. The first-order valence-corrected chi connectivity index (χ1v) is 6.85. The molecule has 1 aliphatic carbocycles. The van der Waals surface area contributed by atoms with Gasteiger partial charge < -0.3 is 0 Å². The van der Waals surface area contributed by atoms with Crippen molar-refractivity contribution in [3.63, 3.8) is 0 Å². The third-order valence-electron chi connectivity index (χ3n) is 2.48. The molecule has 0 aliphatic heterocycles. The number of anilines is 1. The number of rotatable bonds is 2. The van der Waals surface area contributed by atoms with Crippen molar-refractivity contribution in [2.45, 2.75) is 6.18 Å². The van der Waals surface area contributed by atoms with Gasteiger partial charge in [0.15, 0.2) is 0 Å². The molecule has 0 spiro atoms. The van der Waals surface area contributed by atoms with Gasteiger partial charge in [-0.2, -0.15) is 18.3 Å². The zero-order chi connectivity index (χ0) is 15.8. The van der Waals surface area contributed by atoms with Crippen molar-refractivity contribution in [3.05, 3.63) is 50.0 Å². The Morgan fingerprint density at radius 1 is 0.905 bits per heavy atom. The minimum absolute atomic E-state index is 0.0196. The highest BCUT2D eigenvalue weighted by atomic mass is 35.5. The fourth-order valence-electron chi connectivity index (χ4n) is 1.48. The van der Waals surface area contributed by atoms with Crippen LogP contribution in [0, 0.1) is 0 Å². The van der Waals surface area contributed by atoms with Crippen LogP contribution in [0.3, 0.4) is 0 Å². The molecule has 0 saturated carbocycles. The van der Waals surface area contributed by atoms with Crippen molar-refractivity contribution in [1.82, 2.24) is 0 Å². The van der Waals surface area contributed by atoms with Gasteiger partial charge in [-0.05, 0) is 18.2 Å². The second kappa shape index (κ2) is 6.08. The molecule has 21 heavy (non-hydrogen) atoms. The van der Waals surface area contributed by atoms with E-state index in [1.54, 1.807) is 0 Å². The zero-order valence-corrected chi connectivity index (χ0v) is 12.9. The summed E-state index contributed by atoms with van der Waals surface area (Å²) in [6, 6.07) is 4.50. The number of hydrazone groups is 1. The van der Waals surface area contributed by atoms with Crippen LogP contribution in [-0.2, 0) is 6.18 Å². The minimum atomic E-state index is -4.44. The molecular weight excluding hydrogens is 371 g/mol. The Hall–Kier alpha value is -0.880. The largest absolute Gasteiger partial charge is 0.416 e. The van der Waals surface area contributed by atoms with Crippen LogP contribution < -0.4 is 5.43 Å². The minimum Gasteiger partial charge on any atom is -0.278 e. The van der Waals surface area contributed by atoms with E-state index in [0.717, 1.165) is 12.1 Å². The number of halogens is 7. The molecule has 0 fully saturated rings. The third-order valence-corrected chi connectivity index (χ3v) is 4.26. The van der Waals surface area contributed by atoms with Crippen molar-refractivity contribution >= 4 is 57.8 Å². The first kappa shape index (κ1) is 16.5. The fraction of sp³-hybridized carbons (Fsp3) is 0.0833. The fourth-order valence-corrected chi connectivity index (χ4v) is 2.46. The van der Waals surface area contributed by atoms with Gasteiger partial charge in [0.2, 0.25) is 0 Å². The highest BCUT2D eigenvalue weighted by Gasteiger charge is 2.30. The summed E-state index contributed by atoms with van der Waals surface area (Å²) < 4.78 is 37.7. The van der Waals surface area contributed by atoms with Crippen LogP contribution >= 0.6 is 46.4 Å². The molecule has 0 atom stereocenters. The van der Waals surface area contributed by atoms with Crippen LogP contribution in [0.1, 0.15) is 5.56 Å². The van der Waals surface area contributed by atoms with Gasteiger partial charge in [0.05, 0.1) is 31.4 Å². The van der Waals surface area contributed by atoms with Gasteiger partial charge in [-0.15, -0.1) is 0 Å². The van der Waals surface area contributed by atoms with E-state index in [4.69, 9.17) is 46.4 Å². The molecule has 1 N–H and O–H groups in total. The lowest BCUT2D eigenvalue weighted by Gasteiger charge is -2.08. The van der Waals surface area contributed by atoms with E-state index in [1.165, 1.54) is 12.1 Å². The second-order valence-corrected chi connectivity index (χ2v) is 5.42. The Morgan fingerprint density at radius 2 is 1.48 bits per heavy atom. The van der Waals surface area contributed by atoms with E-state index in [2.05, 4.69) is 10.5 Å². The van der Waals surface area contributed by atoms with Gasteiger partial charge in [-0.25, -0.2) is 0 Å². The topological polar surface area (TPSA) is 24.4 Å². The third kappa shape index (κ3) is 3.48. The average Bonchev–Trinajstić information content (AvgIpc) is 2.61. The van der Waals surface area contributed by atoms with Crippen molar-refractivity contribution in [2.24, 2.45) is 5.10 Å². The molecule has 0 bridgehead atoms. The van der Waals surface area contributed by atoms with Crippen LogP contribution in [-0.4, -0.2) is 5.71 Å². The number of hydrogen-bond acceptors (Lipinski definition) is 2. The summed E-state index contributed by atoms with van der Waals surface area (Å²) >= 11 is 23.3. The molecule has 1 aliphatic rings. The molecule has 1 aromatic carbocycles. The molecule has 0 amide bonds. The van der Waals surface area contributed by atoms with Crippen molar-refractivity contribution < 1.29 is 13.2 Å². The molecule has 0 heterocycles. The molecule has 0 unspecified atom stereocenters. The maximum atomic E-state index is 12.6. The number of nitrogens with one attached hydrogen (secondary N) is 1. The second-order valence-electron chi connectivity index (χ2n) is 3.91. The maximum Gasteiger partial charge on any atom is 0.416 e. The van der Waals surface area contributed by atoms with E-state index in [-0.39, 0.29) is 31.5 Å². The quantitative estimate of drug-likeness (QED) is 0.642. The Bertz CT molecular complexity index is 651. The van der Waals surface area contributed by atoms with Gasteiger partial charge in [0, 0.05) is 0 Å². The highest BCUT2D eigenvalue weighted by Crippen LogP contribution is 2.39. The molecule has 0 aromatic heterocycles. The first-order valence-electron chi connectivity index (χ1n) is 5.34. The van der Waals surface area contributed by atoms with Gasteiger partial charge >= 0.3 is 6.18 Å². The molecule has 0 radical (unpaired) electrons. The molecule has 112 valence electrons. The van der Waals surface area contributed by atoms with Gasteiger partial charge in [-0.1, -0.05) is 52.5 Å². The van der Waals surface area contributed by atoms with Gasteiger partial charge in [0.1, 0.15) is 5.71 Å². The van der Waals surface area contributed by atoms with E-state index < -0.39 is 11.7 Å². The summed E-state index contributed by atoms with van der Waals surface area (Å²) in [7, 11) is 0. The highest BCUT2D eigenvalue weighted by molar-refractivity contribution is 6.66. The lowest BCUT2D eigenvalue weighted by atomic mass is 10.2. The molecule has 2 nitrogen and oxygen atoms in total. The van der Waals surface area contributed by atoms with Gasteiger partial charge in [-0.3, -0.25) is 5.43 Å². The van der Waals surface area contributed by atoms with E-state index >= 15 is 0 Å². The predicted octanol–water partition coefficient (Wildman–Crippen LogP) is 5.87. The van der Waals surface area contributed by atoms with Crippen molar-refractivity contribution in [1.29, 1.82) is 0 Å². The van der Waals surface area contributed by atoms with Crippen LogP contribution in [0.5, 0.6) is 0 Å². The van der Waals surface area contributed by atoms with Crippen LogP contribution in [0.15, 0.2) is 49.5 Å². The standard InChI is InChI=1S/C12H5Cl4F3N2/c13-7-8(14)10(16)11(9(7)15)21-20-6-3-1-2-5(4-6)12(17,18)19/h1-4,20H. The molecule has 0 saturated heterocycles. The van der Waals surface area contributed by atoms with E-state index in [1.807, 2.05) is 0 Å². The summed E-state index contributed by atoms with van der Waals surface area (Å²) in [6.07, 6.45) is -4.44. The predicted molar refractivity (Wildman–Crippen MR) is 80.0 cm³/mol. The van der Waals surface area contributed by atoms with Crippen molar-refractivity contribution in [2.75, 3.05) is 5.43 Å². The molecular formula is C12H5Cl4F3N2. The number of hydrogen-bond donors (Lipinski definition) is 1. The Morgan fingerprint density at radius 3 is 2.00 bits per heavy atom. The number of alkyl halides is 3. The van der Waals surface area contributed by atoms with E-state index in [0.29, 0.717) is 0 Å². The molecule has 1 aromatic rings.